The Bertz CT molecular complexity index is 398. The molecule has 0 saturated carbocycles. The quantitative estimate of drug-likeness (QED) is 0.658. The normalized spacial score (nSPS) is 29.5. The average molecular weight is 242 g/mol. The Balaban J connectivity index is 2.33. The Kier molecular flexibility index (Phi) is 2.37. The fourth-order valence-electron chi connectivity index (χ4n) is 2.25. The van der Waals surface area contributed by atoms with Crippen LogP contribution >= 0.6 is 0 Å². The molecule has 0 radical (unpaired) electrons. The molecule has 2 aliphatic rings. The molecule has 3 atom stereocenters. The van der Waals surface area contributed by atoms with E-state index in [9.17, 15) is 14.4 Å². The maximum Gasteiger partial charge on any atom is 0.326 e. The van der Waals surface area contributed by atoms with Crippen molar-refractivity contribution in [2.45, 2.75) is 25.3 Å². The van der Waals surface area contributed by atoms with Crippen LogP contribution < -0.4 is 5.32 Å². The van der Waals surface area contributed by atoms with Gasteiger partial charge in [-0.15, -0.1) is 0 Å². The van der Waals surface area contributed by atoms with Crippen molar-refractivity contribution in [3.63, 3.8) is 0 Å². The third-order valence-corrected chi connectivity index (χ3v) is 3.27. The van der Waals surface area contributed by atoms with E-state index in [4.69, 9.17) is 5.11 Å². The summed E-state index contributed by atoms with van der Waals surface area (Å²) in [5.41, 5.74) is 0. The maximum atomic E-state index is 11.7. The van der Waals surface area contributed by atoms with Crippen molar-refractivity contribution in [1.29, 1.82) is 0 Å². The molecule has 0 aromatic heterocycles. The van der Waals surface area contributed by atoms with E-state index in [0.717, 1.165) is 0 Å². The smallest absolute Gasteiger partial charge is 0.326 e. The van der Waals surface area contributed by atoms with Gasteiger partial charge in [0.05, 0.1) is 0 Å². The van der Waals surface area contributed by atoms with Gasteiger partial charge in [0.2, 0.25) is 0 Å². The highest BCUT2D eigenvalue weighted by Crippen LogP contribution is 2.28. The van der Waals surface area contributed by atoms with Gasteiger partial charge in [-0.05, 0) is 6.92 Å². The molecule has 0 aliphatic carbocycles. The van der Waals surface area contributed by atoms with Gasteiger partial charge in [-0.2, -0.15) is 0 Å². The second-order valence-electron chi connectivity index (χ2n) is 4.23. The lowest BCUT2D eigenvalue weighted by Gasteiger charge is -2.29. The third-order valence-electron chi connectivity index (χ3n) is 3.27. The van der Waals surface area contributed by atoms with Gasteiger partial charge < -0.3 is 20.2 Å². The summed E-state index contributed by atoms with van der Waals surface area (Å²) in [6.07, 6.45) is -1.08. The number of carbonyl (C=O) groups excluding carboxylic acids is 2. The van der Waals surface area contributed by atoms with E-state index < -0.39 is 30.4 Å². The highest BCUT2D eigenvalue weighted by Gasteiger charge is 2.54. The summed E-state index contributed by atoms with van der Waals surface area (Å²) >= 11 is 0. The first-order chi connectivity index (χ1) is 7.86. The number of hydrogen-bond acceptors (Lipinski definition) is 3. The lowest BCUT2D eigenvalue weighted by molar-refractivity contribution is -0.142. The molecule has 4 amide bonds. The zero-order valence-electron chi connectivity index (χ0n) is 9.75. The summed E-state index contributed by atoms with van der Waals surface area (Å²) in [5, 5.41) is 11.6. The second-order valence-corrected chi connectivity index (χ2v) is 4.23. The van der Waals surface area contributed by atoms with Crippen LogP contribution in [0.3, 0.4) is 0 Å². The van der Waals surface area contributed by atoms with Gasteiger partial charge in [-0.1, -0.05) is 0 Å². The van der Waals surface area contributed by atoms with Crippen LogP contribution in [0.1, 0.15) is 6.92 Å². The van der Waals surface area contributed by atoms with E-state index in [2.05, 4.69) is 5.32 Å². The van der Waals surface area contributed by atoms with Crippen LogP contribution in [0.25, 0.3) is 0 Å². The van der Waals surface area contributed by atoms with E-state index in [-0.39, 0.29) is 6.03 Å². The third kappa shape index (κ3) is 1.40. The molecule has 0 bridgehead atoms. The molecule has 2 N–H and O–H groups in total. The first-order valence-electron chi connectivity index (χ1n) is 5.17. The fraction of sp³-hybridized carbons (Fsp3) is 0.667. The number of likely N-dealkylation sites (N-methyl/N-ethyl adjacent to an activating group) is 2. The Morgan fingerprint density at radius 1 is 1.35 bits per heavy atom. The molecule has 2 heterocycles. The summed E-state index contributed by atoms with van der Waals surface area (Å²) in [6, 6.07) is -1.70. The standard InChI is InChI=1S/C9H14N4O4/c1-4(7(14)15)13-6-5(10-8(13)16)11(2)9(17)12(6)3/h4-6H,1-3H3,(H,10,16)(H,14,15)/t4-,5-,6+/m0/s1. The molecular weight excluding hydrogens is 228 g/mol. The van der Waals surface area contributed by atoms with Crippen molar-refractivity contribution in [2.75, 3.05) is 14.1 Å². The highest BCUT2D eigenvalue weighted by atomic mass is 16.4. The zero-order chi connectivity index (χ0) is 12.9. The van der Waals surface area contributed by atoms with Gasteiger partial charge in [-0.3, -0.25) is 4.90 Å². The lowest BCUT2D eigenvalue weighted by Crippen LogP contribution is -2.51. The van der Waals surface area contributed by atoms with Crippen LogP contribution in [0.2, 0.25) is 0 Å². The molecule has 8 heteroatoms. The molecule has 17 heavy (non-hydrogen) atoms. The largest absolute Gasteiger partial charge is 0.480 e. The fourth-order valence-corrected chi connectivity index (χ4v) is 2.25. The summed E-state index contributed by atoms with van der Waals surface area (Å²) < 4.78 is 0. The molecule has 2 rings (SSSR count). The van der Waals surface area contributed by atoms with Crippen LogP contribution in [0.4, 0.5) is 9.59 Å². The van der Waals surface area contributed by atoms with E-state index >= 15 is 0 Å². The summed E-state index contributed by atoms with van der Waals surface area (Å²) in [6.45, 7) is 1.42. The Labute approximate surface area is 97.8 Å². The van der Waals surface area contributed by atoms with Crippen molar-refractivity contribution in [1.82, 2.24) is 20.0 Å². The number of nitrogens with zero attached hydrogens (tertiary/aromatic N) is 3. The van der Waals surface area contributed by atoms with Crippen molar-refractivity contribution in [3.8, 4) is 0 Å². The Morgan fingerprint density at radius 3 is 2.47 bits per heavy atom. The molecule has 2 saturated heterocycles. The van der Waals surface area contributed by atoms with Gasteiger partial charge in [0.15, 0.2) is 0 Å². The number of carboxylic acids is 1. The van der Waals surface area contributed by atoms with Crippen LogP contribution in [0.5, 0.6) is 0 Å². The predicted octanol–water partition coefficient (Wildman–Crippen LogP) is -0.866. The van der Waals surface area contributed by atoms with Crippen LogP contribution in [0, 0.1) is 0 Å². The van der Waals surface area contributed by atoms with Crippen molar-refractivity contribution < 1.29 is 19.5 Å². The van der Waals surface area contributed by atoms with Gasteiger partial charge in [0.1, 0.15) is 18.4 Å². The SMILES string of the molecule is C[C@@H](C(=O)O)N1C(=O)N[C@@H]2[C@@H]1N(C)C(=O)N2C. The van der Waals surface area contributed by atoms with E-state index in [0.29, 0.717) is 0 Å². The van der Waals surface area contributed by atoms with Gasteiger partial charge in [0.25, 0.3) is 0 Å². The van der Waals surface area contributed by atoms with Gasteiger partial charge >= 0.3 is 18.0 Å². The van der Waals surface area contributed by atoms with Crippen LogP contribution in [-0.4, -0.2) is 70.3 Å². The second kappa shape index (κ2) is 3.51. The molecule has 0 unspecified atom stereocenters. The number of hydrogen-bond donors (Lipinski definition) is 2. The topological polar surface area (TPSA) is 93.2 Å². The van der Waals surface area contributed by atoms with Crippen LogP contribution in [-0.2, 0) is 4.79 Å². The molecule has 0 spiro atoms. The van der Waals surface area contributed by atoms with E-state index in [1.807, 2.05) is 0 Å². The molecule has 0 aromatic carbocycles. The summed E-state index contributed by atoms with van der Waals surface area (Å²) in [4.78, 5) is 38.3. The predicted molar refractivity (Wildman–Crippen MR) is 56.0 cm³/mol. The summed E-state index contributed by atoms with van der Waals surface area (Å²) in [7, 11) is 3.12. The minimum atomic E-state index is -1.10. The van der Waals surface area contributed by atoms with Crippen molar-refractivity contribution in [3.05, 3.63) is 0 Å². The first-order valence-corrected chi connectivity index (χ1v) is 5.17. The Morgan fingerprint density at radius 2 is 1.94 bits per heavy atom. The zero-order valence-corrected chi connectivity index (χ0v) is 9.75. The number of urea groups is 2. The van der Waals surface area contributed by atoms with Crippen LogP contribution in [0.15, 0.2) is 0 Å². The van der Waals surface area contributed by atoms with Crippen molar-refractivity contribution in [2.24, 2.45) is 0 Å². The Hall–Kier alpha value is -1.99. The first kappa shape index (κ1) is 11.5. The van der Waals surface area contributed by atoms with E-state index in [1.54, 1.807) is 14.1 Å². The lowest BCUT2D eigenvalue weighted by atomic mass is 10.2. The molecule has 2 aliphatic heterocycles. The minimum absolute atomic E-state index is 0.248. The minimum Gasteiger partial charge on any atom is -0.480 e. The number of nitrogens with one attached hydrogen (secondary N) is 1. The highest BCUT2D eigenvalue weighted by molar-refractivity contribution is 5.88. The maximum absolute atomic E-state index is 11.7. The monoisotopic (exact) mass is 242 g/mol. The number of fused-ring (bicyclic) bond motifs is 1. The van der Waals surface area contributed by atoms with Crippen molar-refractivity contribution >= 4 is 18.0 Å². The number of carbonyl (C=O) groups is 3. The number of aliphatic carboxylic acids is 1. The van der Waals surface area contributed by atoms with Gasteiger partial charge in [0, 0.05) is 14.1 Å². The average Bonchev–Trinajstić information content (AvgIpc) is 2.70. The number of carboxylic acid groups (broad SMARTS) is 1. The number of rotatable bonds is 2. The molecule has 94 valence electrons. The summed E-state index contributed by atoms with van der Waals surface area (Å²) in [5.74, 6) is -1.10. The van der Waals surface area contributed by atoms with Gasteiger partial charge in [-0.25, -0.2) is 14.4 Å². The van der Waals surface area contributed by atoms with E-state index in [1.165, 1.54) is 21.6 Å². The number of amides is 4. The molecule has 2 fully saturated rings. The molecular formula is C9H14N4O4. The molecule has 0 aromatic rings. The molecule has 8 nitrogen and oxygen atoms in total.